The van der Waals surface area contributed by atoms with Crippen LogP contribution in [0.4, 0.5) is 0 Å². The Labute approximate surface area is 146 Å². The maximum absolute atomic E-state index is 12.4. The fourth-order valence-corrected chi connectivity index (χ4v) is 3.29. The third kappa shape index (κ3) is 3.92. The lowest BCUT2D eigenvalue weighted by Gasteiger charge is -2.15. The highest BCUT2D eigenvalue weighted by Crippen LogP contribution is 2.28. The number of carbonyl (C=O) groups excluding carboxylic acids is 1. The highest BCUT2D eigenvalue weighted by molar-refractivity contribution is 8.15. The molecule has 4 nitrogen and oxygen atoms in total. The summed E-state index contributed by atoms with van der Waals surface area (Å²) in [6.07, 6.45) is 1.71. The second kappa shape index (κ2) is 7.45. The second-order valence-electron chi connectivity index (χ2n) is 5.71. The summed E-state index contributed by atoms with van der Waals surface area (Å²) < 4.78 is 0. The van der Waals surface area contributed by atoms with Gasteiger partial charge < -0.3 is 0 Å². The van der Waals surface area contributed by atoms with E-state index in [1.165, 1.54) is 17.3 Å². The van der Waals surface area contributed by atoms with E-state index in [0.29, 0.717) is 11.7 Å². The Kier molecular flexibility index (Phi) is 5.11. The minimum Gasteiger partial charge on any atom is -0.284 e. The highest BCUT2D eigenvalue weighted by Gasteiger charge is 2.35. The van der Waals surface area contributed by atoms with Gasteiger partial charge in [0.2, 0.25) is 5.91 Å². The van der Waals surface area contributed by atoms with Crippen LogP contribution in [0.3, 0.4) is 0 Å². The van der Waals surface area contributed by atoms with Gasteiger partial charge in [0.1, 0.15) is 0 Å². The van der Waals surface area contributed by atoms with Crippen molar-refractivity contribution in [2.24, 2.45) is 10.2 Å². The van der Waals surface area contributed by atoms with E-state index in [1.807, 2.05) is 68.4 Å². The van der Waals surface area contributed by atoms with E-state index in [4.69, 9.17) is 0 Å². The molecule has 0 unspecified atom stereocenters. The quantitative estimate of drug-likeness (QED) is 0.628. The molecule has 1 fully saturated rings. The zero-order valence-corrected chi connectivity index (χ0v) is 14.5. The fourth-order valence-electron chi connectivity index (χ4n) is 2.37. The first-order valence-corrected chi connectivity index (χ1v) is 8.71. The topological polar surface area (TPSA) is 45.0 Å². The molecule has 1 aliphatic rings. The van der Waals surface area contributed by atoms with Crippen molar-refractivity contribution in [2.45, 2.75) is 25.6 Å². The van der Waals surface area contributed by atoms with Gasteiger partial charge in [-0.05, 0) is 25.0 Å². The van der Waals surface area contributed by atoms with Crippen LogP contribution in [0.5, 0.6) is 0 Å². The summed E-state index contributed by atoms with van der Waals surface area (Å²) in [4.78, 5) is 14.1. The maximum Gasteiger partial charge on any atom is 0.242 e. The molecular weight excluding hydrogens is 318 g/mol. The van der Waals surface area contributed by atoms with Crippen molar-refractivity contribution in [3.05, 3.63) is 71.3 Å². The van der Waals surface area contributed by atoms with Gasteiger partial charge in [-0.15, -0.1) is 5.10 Å². The van der Waals surface area contributed by atoms with E-state index in [1.54, 1.807) is 11.1 Å². The number of amides is 1. The molecule has 122 valence electrons. The number of hydrogen-bond donors (Lipinski definition) is 0. The molecule has 0 radical (unpaired) electrons. The van der Waals surface area contributed by atoms with Gasteiger partial charge in [-0.25, -0.2) is 0 Å². The molecule has 1 aliphatic heterocycles. The van der Waals surface area contributed by atoms with E-state index in [-0.39, 0.29) is 11.2 Å². The van der Waals surface area contributed by atoms with Crippen LogP contribution in [0.2, 0.25) is 0 Å². The van der Waals surface area contributed by atoms with Crippen molar-refractivity contribution in [3.8, 4) is 0 Å². The molecule has 0 bridgehead atoms. The Morgan fingerprint density at radius 1 is 1.12 bits per heavy atom. The monoisotopic (exact) mass is 337 g/mol. The molecule has 24 heavy (non-hydrogen) atoms. The number of nitrogens with zero attached hydrogens (tertiary/aromatic N) is 3. The molecule has 5 heteroatoms. The molecule has 1 amide bonds. The molecular formula is C19H19N3OS. The number of rotatable bonds is 4. The number of carbonyl (C=O) groups is 1. The molecule has 2 aromatic carbocycles. The van der Waals surface area contributed by atoms with E-state index in [9.17, 15) is 4.79 Å². The van der Waals surface area contributed by atoms with Crippen LogP contribution in [0, 0.1) is 6.92 Å². The van der Waals surface area contributed by atoms with Gasteiger partial charge >= 0.3 is 0 Å². The van der Waals surface area contributed by atoms with Crippen molar-refractivity contribution in [2.75, 3.05) is 0 Å². The molecule has 0 spiro atoms. The zero-order chi connectivity index (χ0) is 16.9. The molecule has 3 rings (SSSR count). The maximum atomic E-state index is 12.4. The Morgan fingerprint density at radius 3 is 2.54 bits per heavy atom. The summed E-state index contributed by atoms with van der Waals surface area (Å²) in [7, 11) is 0. The number of thioether (sulfide) groups is 1. The van der Waals surface area contributed by atoms with Gasteiger partial charge in [0.15, 0.2) is 5.17 Å². The third-order valence-corrected chi connectivity index (χ3v) is 4.81. The lowest BCUT2D eigenvalue weighted by Crippen LogP contribution is -2.30. The normalized spacial score (nSPS) is 19.6. The second-order valence-corrected chi connectivity index (χ2v) is 7.02. The van der Waals surface area contributed by atoms with Gasteiger partial charge in [0.25, 0.3) is 0 Å². The molecule has 1 heterocycles. The zero-order valence-electron chi connectivity index (χ0n) is 13.7. The summed E-state index contributed by atoms with van der Waals surface area (Å²) in [5.41, 5.74) is 3.27. The van der Waals surface area contributed by atoms with Crippen LogP contribution in [-0.4, -0.2) is 27.4 Å². The molecule has 1 atom stereocenters. The van der Waals surface area contributed by atoms with E-state index in [0.717, 1.165) is 11.1 Å². The number of aryl methyl sites for hydroxylation is 1. The van der Waals surface area contributed by atoms with Gasteiger partial charge in [0.05, 0.1) is 18.0 Å². The van der Waals surface area contributed by atoms with Gasteiger partial charge in [-0.3, -0.25) is 9.69 Å². The minimum atomic E-state index is -0.123. The summed E-state index contributed by atoms with van der Waals surface area (Å²) in [5, 5.41) is 8.97. The Morgan fingerprint density at radius 2 is 1.83 bits per heavy atom. The first-order chi connectivity index (χ1) is 11.6. The van der Waals surface area contributed by atoms with Crippen LogP contribution in [0.1, 0.15) is 23.6 Å². The van der Waals surface area contributed by atoms with Gasteiger partial charge in [0, 0.05) is 0 Å². The van der Waals surface area contributed by atoms with Crippen LogP contribution in [0.25, 0.3) is 0 Å². The molecule has 0 N–H and O–H groups in total. The number of benzene rings is 2. The van der Waals surface area contributed by atoms with E-state index >= 15 is 0 Å². The molecule has 0 aliphatic carbocycles. The Hall–Kier alpha value is -2.40. The third-order valence-electron chi connectivity index (χ3n) is 3.74. The SMILES string of the molecule is Cc1ccc(/C=N\N=C2\S[C@H](C)C(=O)N2Cc2ccccc2)cc1. The van der Waals surface area contributed by atoms with Crippen molar-refractivity contribution < 1.29 is 4.79 Å². The van der Waals surface area contributed by atoms with E-state index < -0.39 is 0 Å². The number of hydrogen-bond acceptors (Lipinski definition) is 4. The van der Waals surface area contributed by atoms with Crippen molar-refractivity contribution in [3.63, 3.8) is 0 Å². The number of amidine groups is 1. The average molecular weight is 337 g/mol. The lowest BCUT2D eigenvalue weighted by molar-refractivity contribution is -0.126. The van der Waals surface area contributed by atoms with Crippen LogP contribution < -0.4 is 0 Å². The predicted octanol–water partition coefficient (Wildman–Crippen LogP) is 3.85. The summed E-state index contributed by atoms with van der Waals surface area (Å²) in [6.45, 7) is 4.47. The van der Waals surface area contributed by atoms with Crippen molar-refractivity contribution in [1.29, 1.82) is 0 Å². The largest absolute Gasteiger partial charge is 0.284 e. The van der Waals surface area contributed by atoms with Gasteiger partial charge in [-0.1, -0.05) is 71.9 Å². The molecule has 2 aromatic rings. The molecule has 1 saturated heterocycles. The van der Waals surface area contributed by atoms with E-state index in [2.05, 4.69) is 10.2 Å². The highest BCUT2D eigenvalue weighted by atomic mass is 32.2. The molecule has 0 saturated carbocycles. The summed E-state index contributed by atoms with van der Waals surface area (Å²) >= 11 is 1.45. The van der Waals surface area contributed by atoms with Crippen LogP contribution >= 0.6 is 11.8 Å². The lowest BCUT2D eigenvalue weighted by atomic mass is 10.2. The Balaban J connectivity index is 1.76. The smallest absolute Gasteiger partial charge is 0.242 e. The molecule has 0 aromatic heterocycles. The standard InChI is InChI=1S/C19H19N3OS/c1-14-8-10-16(11-9-14)12-20-21-19-22(18(23)15(2)24-19)13-17-6-4-3-5-7-17/h3-12,15H,13H2,1-2H3/b20-12-,21-19+/t15-/m1/s1. The average Bonchev–Trinajstić information content (AvgIpc) is 2.85. The minimum absolute atomic E-state index is 0.0770. The Bertz CT molecular complexity index is 769. The first-order valence-electron chi connectivity index (χ1n) is 7.83. The summed E-state index contributed by atoms with van der Waals surface area (Å²) in [5.74, 6) is 0.0770. The predicted molar refractivity (Wildman–Crippen MR) is 100 cm³/mol. The van der Waals surface area contributed by atoms with Crippen molar-refractivity contribution >= 4 is 29.1 Å². The van der Waals surface area contributed by atoms with Gasteiger partial charge in [-0.2, -0.15) is 5.10 Å². The van der Waals surface area contributed by atoms with Crippen LogP contribution in [0.15, 0.2) is 64.8 Å². The van der Waals surface area contributed by atoms with Crippen molar-refractivity contribution in [1.82, 2.24) is 4.90 Å². The fraction of sp³-hybridized carbons (Fsp3) is 0.211. The first kappa shape index (κ1) is 16.5. The summed E-state index contributed by atoms with van der Waals surface area (Å²) in [6, 6.07) is 18.0. The van der Waals surface area contributed by atoms with Crippen LogP contribution in [-0.2, 0) is 11.3 Å².